The number of benzene rings is 1. The molecule has 3 N–H and O–H groups in total. The Labute approximate surface area is 196 Å². The van der Waals surface area contributed by atoms with Crippen LogP contribution in [0.25, 0.3) is 0 Å². The Morgan fingerprint density at radius 1 is 1.09 bits per heavy atom. The molecule has 8 nitrogen and oxygen atoms in total. The van der Waals surface area contributed by atoms with Gasteiger partial charge in [0, 0.05) is 22.9 Å². The summed E-state index contributed by atoms with van der Waals surface area (Å²) < 4.78 is 5.26. The summed E-state index contributed by atoms with van der Waals surface area (Å²) in [5, 5.41) is 15.9. The van der Waals surface area contributed by atoms with E-state index in [1.54, 1.807) is 52.8 Å². The van der Waals surface area contributed by atoms with Gasteiger partial charge in [-0.25, -0.2) is 4.79 Å². The van der Waals surface area contributed by atoms with Gasteiger partial charge in [0.1, 0.15) is 23.4 Å². The highest BCUT2D eigenvalue weighted by atomic mass is 32.1. The van der Waals surface area contributed by atoms with Gasteiger partial charge in [-0.2, -0.15) is 12.6 Å². The summed E-state index contributed by atoms with van der Waals surface area (Å²) in [5.41, 5.74) is -1.02. The molecule has 0 bridgehead atoms. The number of rotatable bonds is 7. The van der Waals surface area contributed by atoms with Gasteiger partial charge in [0.15, 0.2) is 0 Å². The van der Waals surface area contributed by atoms with Crippen molar-refractivity contribution in [1.29, 1.82) is 0 Å². The number of para-hydroxylation sites is 1. The number of amides is 3. The maximum atomic E-state index is 13.6. The van der Waals surface area contributed by atoms with Crippen molar-refractivity contribution in [2.75, 3.05) is 5.75 Å². The summed E-state index contributed by atoms with van der Waals surface area (Å²) in [4.78, 5) is 40.5. The predicted molar refractivity (Wildman–Crippen MR) is 128 cm³/mol. The van der Waals surface area contributed by atoms with E-state index in [0.717, 1.165) is 0 Å². The summed E-state index contributed by atoms with van der Waals surface area (Å²) in [7, 11) is 0. The monoisotopic (exact) mass is 467 g/mol. The van der Waals surface area contributed by atoms with E-state index in [9.17, 15) is 19.5 Å². The first-order chi connectivity index (χ1) is 14.6. The highest BCUT2D eigenvalue weighted by Gasteiger charge is 2.39. The molecule has 0 heterocycles. The molecule has 32 heavy (non-hydrogen) atoms. The van der Waals surface area contributed by atoms with Crippen LogP contribution in [0.5, 0.6) is 5.75 Å². The molecule has 9 heteroatoms. The molecule has 0 aromatic heterocycles. The van der Waals surface area contributed by atoms with Crippen LogP contribution in [0.2, 0.25) is 0 Å². The lowest BCUT2D eigenvalue weighted by Crippen LogP contribution is -2.57. The van der Waals surface area contributed by atoms with Gasteiger partial charge in [-0.05, 0) is 61.5 Å². The number of hydrogen-bond donors (Lipinski definition) is 4. The molecule has 0 aliphatic carbocycles. The van der Waals surface area contributed by atoms with Gasteiger partial charge in [0.05, 0.1) is 0 Å². The zero-order valence-corrected chi connectivity index (χ0v) is 21.1. The fourth-order valence-electron chi connectivity index (χ4n) is 3.07. The average molecular weight is 468 g/mol. The van der Waals surface area contributed by atoms with Gasteiger partial charge in [-0.3, -0.25) is 9.59 Å². The van der Waals surface area contributed by atoms with Crippen LogP contribution in [0, 0.1) is 0 Å². The second-order valence-electron chi connectivity index (χ2n) is 9.92. The van der Waals surface area contributed by atoms with E-state index in [4.69, 9.17) is 4.74 Å². The molecule has 1 rings (SSSR count). The van der Waals surface area contributed by atoms with Gasteiger partial charge in [-0.1, -0.05) is 18.2 Å². The number of alkyl carbamates (subject to hydrolysis) is 1. The molecule has 0 saturated heterocycles. The third kappa shape index (κ3) is 8.26. The van der Waals surface area contributed by atoms with Gasteiger partial charge in [-0.15, -0.1) is 0 Å². The van der Waals surface area contributed by atoms with Crippen molar-refractivity contribution in [2.45, 2.75) is 84.7 Å². The first kappa shape index (κ1) is 27.6. The minimum atomic E-state index is -1.12. The molecule has 0 saturated carbocycles. The Kier molecular flexibility index (Phi) is 9.44. The lowest BCUT2D eigenvalue weighted by atomic mass is 9.98. The van der Waals surface area contributed by atoms with Gasteiger partial charge in [0.2, 0.25) is 11.8 Å². The minimum absolute atomic E-state index is 0.00429. The highest BCUT2D eigenvalue weighted by Crippen LogP contribution is 2.31. The van der Waals surface area contributed by atoms with E-state index >= 15 is 0 Å². The van der Waals surface area contributed by atoms with Crippen LogP contribution in [0.15, 0.2) is 24.3 Å². The second kappa shape index (κ2) is 10.9. The van der Waals surface area contributed by atoms with Crippen molar-refractivity contribution < 1.29 is 24.2 Å². The molecule has 0 fully saturated rings. The third-order valence-electron chi connectivity index (χ3n) is 4.24. The summed E-state index contributed by atoms with van der Waals surface area (Å²) in [6.45, 7) is 14.2. The number of thiol groups is 1. The lowest BCUT2D eigenvalue weighted by molar-refractivity contribution is -0.144. The Hall–Kier alpha value is -2.42. The van der Waals surface area contributed by atoms with Crippen molar-refractivity contribution in [1.82, 2.24) is 15.5 Å². The number of carbonyl (C=O) groups is 3. The maximum absolute atomic E-state index is 13.6. The number of phenols is 1. The summed E-state index contributed by atoms with van der Waals surface area (Å²) in [5.74, 6) is -1.08. The predicted octanol–water partition coefficient (Wildman–Crippen LogP) is 3.41. The number of nitrogens with one attached hydrogen (secondary N) is 2. The average Bonchev–Trinajstić information content (AvgIpc) is 2.61. The zero-order valence-electron chi connectivity index (χ0n) is 20.2. The molecular weight excluding hydrogens is 430 g/mol. The number of carbonyl (C=O) groups excluding carboxylic acids is 3. The fourth-order valence-corrected chi connectivity index (χ4v) is 3.32. The van der Waals surface area contributed by atoms with Crippen molar-refractivity contribution >= 4 is 30.5 Å². The van der Waals surface area contributed by atoms with Crippen LogP contribution in [0.4, 0.5) is 4.79 Å². The van der Waals surface area contributed by atoms with Gasteiger partial charge in [0.25, 0.3) is 0 Å². The molecule has 1 aromatic carbocycles. The normalized spacial score (nSPS) is 13.8. The van der Waals surface area contributed by atoms with E-state index in [0.29, 0.717) is 0 Å². The van der Waals surface area contributed by atoms with Crippen molar-refractivity contribution in [3.8, 4) is 5.75 Å². The molecule has 0 spiro atoms. The summed E-state index contributed by atoms with van der Waals surface area (Å²) >= 11 is 4.23. The summed E-state index contributed by atoms with van der Waals surface area (Å²) in [6.07, 6.45) is -0.758. The molecule has 0 aliphatic rings. The van der Waals surface area contributed by atoms with Crippen molar-refractivity contribution in [2.24, 2.45) is 0 Å². The highest BCUT2D eigenvalue weighted by molar-refractivity contribution is 7.80. The van der Waals surface area contributed by atoms with Gasteiger partial charge < -0.3 is 25.4 Å². The SMILES string of the molecule is CC(C)N(C(=O)C(CS)NC(=O)OC(C)(C)C)C(C(=O)NC(C)(C)C)c1ccccc1O. The number of hydrogen-bond acceptors (Lipinski definition) is 6. The topological polar surface area (TPSA) is 108 Å². The second-order valence-corrected chi connectivity index (χ2v) is 10.3. The Bertz CT molecular complexity index is 815. The quantitative estimate of drug-likeness (QED) is 0.460. The first-order valence-corrected chi connectivity index (χ1v) is 11.2. The standard InChI is InChI=1S/C23H37N3O5S/c1-14(2)26(20(29)16(13-32)24-21(30)31-23(6,7)8)18(19(28)25-22(3,4)5)15-11-9-10-12-17(15)27/h9-12,14,16,18,27,32H,13H2,1-8H3,(H,24,30)(H,25,28). The van der Waals surface area contributed by atoms with Crippen LogP contribution < -0.4 is 10.6 Å². The molecule has 0 radical (unpaired) electrons. The zero-order chi connectivity index (χ0) is 24.9. The van der Waals surface area contributed by atoms with Crippen LogP contribution in [0.1, 0.15) is 67.0 Å². The molecule has 2 unspecified atom stereocenters. The van der Waals surface area contributed by atoms with Gasteiger partial charge >= 0.3 is 6.09 Å². The van der Waals surface area contributed by atoms with Crippen LogP contribution in [-0.2, 0) is 14.3 Å². The largest absolute Gasteiger partial charge is 0.508 e. The fraction of sp³-hybridized carbons (Fsp3) is 0.609. The number of nitrogens with zero attached hydrogens (tertiary/aromatic N) is 1. The van der Waals surface area contributed by atoms with E-state index in [1.807, 2.05) is 20.8 Å². The van der Waals surface area contributed by atoms with Crippen molar-refractivity contribution in [3.05, 3.63) is 29.8 Å². The van der Waals surface area contributed by atoms with Crippen LogP contribution >= 0.6 is 12.6 Å². The maximum Gasteiger partial charge on any atom is 0.408 e. The third-order valence-corrected chi connectivity index (χ3v) is 4.60. The first-order valence-electron chi connectivity index (χ1n) is 10.6. The van der Waals surface area contributed by atoms with E-state index in [1.165, 1.54) is 11.0 Å². The molecule has 180 valence electrons. The lowest BCUT2D eigenvalue weighted by Gasteiger charge is -2.38. The van der Waals surface area contributed by atoms with Crippen LogP contribution in [-0.4, -0.2) is 56.9 Å². The Morgan fingerprint density at radius 2 is 1.66 bits per heavy atom. The molecule has 3 amide bonds. The smallest absolute Gasteiger partial charge is 0.408 e. The number of phenolic OH excluding ortho intramolecular Hbond substituents is 1. The molecule has 0 aliphatic heterocycles. The molecule has 2 atom stereocenters. The molecular formula is C23H37N3O5S. The Balaban J connectivity index is 3.41. The van der Waals surface area contributed by atoms with E-state index < -0.39 is 47.2 Å². The Morgan fingerprint density at radius 3 is 2.09 bits per heavy atom. The number of aromatic hydroxyl groups is 1. The van der Waals surface area contributed by atoms with E-state index in [2.05, 4.69) is 23.3 Å². The minimum Gasteiger partial charge on any atom is -0.508 e. The summed E-state index contributed by atoms with van der Waals surface area (Å²) in [6, 6.07) is 3.80. The number of ether oxygens (including phenoxy) is 1. The van der Waals surface area contributed by atoms with Crippen molar-refractivity contribution in [3.63, 3.8) is 0 Å². The van der Waals surface area contributed by atoms with Crippen LogP contribution in [0.3, 0.4) is 0 Å². The van der Waals surface area contributed by atoms with E-state index in [-0.39, 0.29) is 17.1 Å². The molecule has 1 aromatic rings.